The number of aliphatic carboxylic acids is 1. The molecule has 0 saturated heterocycles. The van der Waals surface area contributed by atoms with Crippen LogP contribution in [0.2, 0.25) is 0 Å². The molecule has 8 heteroatoms. The number of anilines is 1. The highest BCUT2D eigenvalue weighted by atomic mass is 19.4. The zero-order chi connectivity index (χ0) is 18.6. The van der Waals surface area contributed by atoms with Gasteiger partial charge in [0.05, 0.1) is 11.8 Å². The number of hydrogen-bond donors (Lipinski definition) is 2. The number of carbonyl (C=O) groups is 2. The number of carboxylic acid groups (broad SMARTS) is 1. The number of hydrogen-bond acceptors (Lipinski definition) is 3. The third-order valence-electron chi connectivity index (χ3n) is 3.53. The van der Waals surface area contributed by atoms with E-state index in [9.17, 15) is 22.8 Å². The molecule has 5 nitrogen and oxygen atoms in total. The SMILES string of the molecule is Cc1coc(CC(=O)O)c1C(=O)Nc1ccccc1CCC(F)(F)F. The summed E-state index contributed by atoms with van der Waals surface area (Å²) >= 11 is 0. The molecule has 1 aromatic carbocycles. The van der Waals surface area contributed by atoms with Gasteiger partial charge in [0, 0.05) is 17.7 Å². The van der Waals surface area contributed by atoms with Crippen LogP contribution in [0.5, 0.6) is 0 Å². The van der Waals surface area contributed by atoms with Crippen molar-refractivity contribution in [3.8, 4) is 0 Å². The molecule has 134 valence electrons. The Kier molecular flexibility index (Phi) is 5.51. The third-order valence-corrected chi connectivity index (χ3v) is 3.53. The van der Waals surface area contributed by atoms with E-state index < -0.39 is 30.9 Å². The average Bonchev–Trinajstić information content (AvgIpc) is 2.85. The van der Waals surface area contributed by atoms with E-state index in [1.807, 2.05) is 0 Å². The number of carbonyl (C=O) groups excluding carboxylic acids is 1. The van der Waals surface area contributed by atoms with Crippen LogP contribution in [0.15, 0.2) is 34.9 Å². The molecule has 0 radical (unpaired) electrons. The molecule has 1 heterocycles. The fourth-order valence-electron chi connectivity index (χ4n) is 2.39. The molecular weight excluding hydrogens is 339 g/mol. The van der Waals surface area contributed by atoms with Gasteiger partial charge >= 0.3 is 12.1 Å². The summed E-state index contributed by atoms with van der Waals surface area (Å²) in [5.41, 5.74) is 1.11. The highest BCUT2D eigenvalue weighted by Gasteiger charge is 2.27. The summed E-state index contributed by atoms with van der Waals surface area (Å²) in [5, 5.41) is 11.4. The van der Waals surface area contributed by atoms with Crippen LogP contribution in [0.25, 0.3) is 0 Å². The van der Waals surface area contributed by atoms with Crippen LogP contribution in [0.3, 0.4) is 0 Å². The van der Waals surface area contributed by atoms with Crippen molar-refractivity contribution in [2.24, 2.45) is 0 Å². The number of carboxylic acids is 1. The number of aryl methyl sites for hydroxylation is 2. The number of amides is 1. The number of para-hydroxylation sites is 1. The third kappa shape index (κ3) is 5.10. The van der Waals surface area contributed by atoms with E-state index in [0.717, 1.165) is 0 Å². The van der Waals surface area contributed by atoms with Gasteiger partial charge in [-0.25, -0.2) is 0 Å². The van der Waals surface area contributed by atoms with Gasteiger partial charge in [0.2, 0.25) is 0 Å². The number of furan rings is 1. The van der Waals surface area contributed by atoms with E-state index in [2.05, 4.69) is 5.32 Å². The van der Waals surface area contributed by atoms with Gasteiger partial charge in [0.25, 0.3) is 5.91 Å². The van der Waals surface area contributed by atoms with Crippen LogP contribution in [0, 0.1) is 6.92 Å². The van der Waals surface area contributed by atoms with Gasteiger partial charge in [-0.15, -0.1) is 0 Å². The lowest BCUT2D eigenvalue weighted by molar-refractivity contribution is -0.136. The van der Waals surface area contributed by atoms with Crippen LogP contribution >= 0.6 is 0 Å². The Morgan fingerprint density at radius 3 is 2.56 bits per heavy atom. The van der Waals surface area contributed by atoms with Gasteiger partial charge in [-0.05, 0) is 25.0 Å². The maximum Gasteiger partial charge on any atom is 0.389 e. The van der Waals surface area contributed by atoms with E-state index in [1.54, 1.807) is 19.1 Å². The van der Waals surface area contributed by atoms with E-state index in [-0.39, 0.29) is 23.4 Å². The first kappa shape index (κ1) is 18.6. The predicted octanol–water partition coefficient (Wildman–Crippen LogP) is 3.96. The highest BCUT2D eigenvalue weighted by Crippen LogP contribution is 2.26. The van der Waals surface area contributed by atoms with Crippen LogP contribution in [-0.2, 0) is 17.6 Å². The molecule has 0 aliphatic rings. The van der Waals surface area contributed by atoms with Crippen molar-refractivity contribution in [2.45, 2.75) is 32.4 Å². The first-order valence-corrected chi connectivity index (χ1v) is 7.42. The fraction of sp³-hybridized carbons (Fsp3) is 0.294. The minimum atomic E-state index is -4.30. The Morgan fingerprint density at radius 1 is 1.24 bits per heavy atom. The van der Waals surface area contributed by atoms with Crippen molar-refractivity contribution in [3.63, 3.8) is 0 Å². The van der Waals surface area contributed by atoms with Crippen molar-refractivity contribution in [3.05, 3.63) is 53.0 Å². The first-order valence-electron chi connectivity index (χ1n) is 7.42. The predicted molar refractivity (Wildman–Crippen MR) is 83.6 cm³/mol. The fourth-order valence-corrected chi connectivity index (χ4v) is 2.39. The lowest BCUT2D eigenvalue weighted by atomic mass is 10.1. The van der Waals surface area contributed by atoms with Crippen molar-refractivity contribution >= 4 is 17.6 Å². The van der Waals surface area contributed by atoms with Crippen LogP contribution in [0.4, 0.5) is 18.9 Å². The largest absolute Gasteiger partial charge is 0.481 e. The lowest BCUT2D eigenvalue weighted by Crippen LogP contribution is -2.17. The monoisotopic (exact) mass is 355 g/mol. The molecule has 0 fully saturated rings. The van der Waals surface area contributed by atoms with Gasteiger partial charge in [-0.2, -0.15) is 13.2 Å². The topological polar surface area (TPSA) is 79.5 Å². The first-order chi connectivity index (χ1) is 11.7. The zero-order valence-corrected chi connectivity index (χ0v) is 13.3. The molecule has 0 aliphatic carbocycles. The van der Waals surface area contributed by atoms with Gasteiger partial charge in [-0.1, -0.05) is 18.2 Å². The molecule has 0 unspecified atom stereocenters. The summed E-state index contributed by atoms with van der Waals surface area (Å²) in [7, 11) is 0. The second-order valence-electron chi connectivity index (χ2n) is 5.51. The van der Waals surface area contributed by atoms with E-state index in [0.29, 0.717) is 11.1 Å². The highest BCUT2D eigenvalue weighted by molar-refractivity contribution is 6.06. The van der Waals surface area contributed by atoms with E-state index >= 15 is 0 Å². The number of rotatable bonds is 6. The molecule has 0 atom stereocenters. The van der Waals surface area contributed by atoms with Crippen LogP contribution < -0.4 is 5.32 Å². The quantitative estimate of drug-likeness (QED) is 0.822. The Balaban J connectivity index is 2.22. The summed E-state index contributed by atoms with van der Waals surface area (Å²) in [4.78, 5) is 23.3. The Hall–Kier alpha value is -2.77. The molecule has 0 saturated carbocycles. The van der Waals surface area contributed by atoms with Crippen molar-refractivity contribution in [1.29, 1.82) is 0 Å². The molecule has 1 amide bonds. The molecule has 0 spiro atoms. The van der Waals surface area contributed by atoms with Gasteiger partial charge in [-0.3, -0.25) is 9.59 Å². The summed E-state index contributed by atoms with van der Waals surface area (Å²) < 4.78 is 42.4. The number of halogens is 3. The standard InChI is InChI=1S/C17H16F3NO4/c1-10-9-25-13(8-14(22)23)15(10)16(24)21-12-5-3-2-4-11(12)6-7-17(18,19)20/h2-5,9H,6-8H2,1H3,(H,21,24)(H,22,23). The Bertz CT molecular complexity index is 780. The Morgan fingerprint density at radius 2 is 1.92 bits per heavy atom. The van der Waals surface area contributed by atoms with Crippen molar-refractivity contribution < 1.29 is 32.3 Å². The second-order valence-corrected chi connectivity index (χ2v) is 5.51. The molecule has 2 rings (SSSR count). The van der Waals surface area contributed by atoms with Crippen LogP contribution in [0.1, 0.15) is 33.7 Å². The molecule has 2 N–H and O–H groups in total. The second kappa shape index (κ2) is 7.42. The van der Waals surface area contributed by atoms with Gasteiger partial charge < -0.3 is 14.8 Å². The number of nitrogens with one attached hydrogen (secondary N) is 1. The average molecular weight is 355 g/mol. The summed E-state index contributed by atoms with van der Waals surface area (Å²) in [6.07, 6.45) is -4.77. The summed E-state index contributed by atoms with van der Waals surface area (Å²) in [6, 6.07) is 6.17. The minimum Gasteiger partial charge on any atom is -0.481 e. The molecule has 2 aromatic rings. The number of alkyl halides is 3. The van der Waals surface area contributed by atoms with Gasteiger partial charge in [0.1, 0.15) is 12.2 Å². The summed E-state index contributed by atoms with van der Waals surface area (Å²) in [5.74, 6) is -1.79. The Labute approximate surface area is 141 Å². The lowest BCUT2D eigenvalue weighted by Gasteiger charge is -2.12. The normalized spacial score (nSPS) is 11.4. The molecule has 25 heavy (non-hydrogen) atoms. The molecular formula is C17H16F3NO4. The minimum absolute atomic E-state index is 0.00438. The van der Waals surface area contributed by atoms with Crippen LogP contribution in [-0.4, -0.2) is 23.2 Å². The smallest absolute Gasteiger partial charge is 0.389 e. The molecule has 0 aliphatic heterocycles. The number of benzene rings is 1. The molecule has 1 aromatic heterocycles. The maximum atomic E-state index is 12.5. The molecule has 0 bridgehead atoms. The van der Waals surface area contributed by atoms with Crippen molar-refractivity contribution in [2.75, 3.05) is 5.32 Å². The summed E-state index contributed by atoms with van der Waals surface area (Å²) in [6.45, 7) is 1.58. The van der Waals surface area contributed by atoms with E-state index in [1.165, 1.54) is 18.4 Å². The van der Waals surface area contributed by atoms with Crippen molar-refractivity contribution in [1.82, 2.24) is 0 Å². The van der Waals surface area contributed by atoms with E-state index in [4.69, 9.17) is 9.52 Å². The zero-order valence-electron chi connectivity index (χ0n) is 13.3. The van der Waals surface area contributed by atoms with Gasteiger partial charge in [0.15, 0.2) is 0 Å². The maximum absolute atomic E-state index is 12.5.